The second kappa shape index (κ2) is 10.5. The van der Waals surface area contributed by atoms with Gasteiger partial charge in [-0.05, 0) is 57.4 Å². The molecule has 1 N–H and O–H groups in total. The minimum Gasteiger partial charge on any atom is -0.474 e. The highest BCUT2D eigenvalue weighted by Gasteiger charge is 2.25. The van der Waals surface area contributed by atoms with Crippen LogP contribution < -0.4 is 15.0 Å². The van der Waals surface area contributed by atoms with Gasteiger partial charge in [0, 0.05) is 56.5 Å². The molecule has 0 saturated carbocycles. The number of anilines is 3. The minimum absolute atomic E-state index is 0.0182. The van der Waals surface area contributed by atoms with Crippen LogP contribution in [0.25, 0.3) is 0 Å². The second-order valence-corrected chi connectivity index (χ2v) is 8.70. The van der Waals surface area contributed by atoms with E-state index in [0.29, 0.717) is 24.8 Å². The van der Waals surface area contributed by atoms with E-state index >= 15 is 0 Å². The molecule has 1 aromatic carbocycles. The molecule has 32 heavy (non-hydrogen) atoms. The van der Waals surface area contributed by atoms with Gasteiger partial charge in [0.25, 0.3) is 0 Å². The van der Waals surface area contributed by atoms with Gasteiger partial charge in [0.15, 0.2) is 0 Å². The molecule has 1 amide bonds. The van der Waals surface area contributed by atoms with E-state index in [1.807, 2.05) is 19.9 Å². The maximum Gasteiger partial charge on any atom is 0.410 e. The standard InChI is InChI=1S/C24H33N5O3/c1-18(2)31-24(30)29-14-10-21(11-15-29)32-23-16-22(25-17-26-23)27-19-6-8-20(9-7-19)28-12-4-3-5-13-28/h6-9,16-18,21H,3-5,10-15H2,1-2H3,(H,25,26,27). The zero-order chi connectivity index (χ0) is 22.3. The van der Waals surface area contributed by atoms with Gasteiger partial charge >= 0.3 is 6.09 Å². The molecule has 8 heteroatoms. The quantitative estimate of drug-likeness (QED) is 0.705. The highest BCUT2D eigenvalue weighted by atomic mass is 16.6. The molecule has 1 aromatic heterocycles. The number of nitrogens with one attached hydrogen (secondary N) is 1. The van der Waals surface area contributed by atoms with Crippen molar-refractivity contribution in [3.8, 4) is 5.88 Å². The maximum atomic E-state index is 12.0. The molecule has 0 atom stereocenters. The highest BCUT2D eigenvalue weighted by molar-refractivity contribution is 5.67. The van der Waals surface area contributed by atoms with Crippen LogP contribution in [0.3, 0.4) is 0 Å². The molecule has 0 aliphatic carbocycles. The number of ether oxygens (including phenoxy) is 2. The number of carbonyl (C=O) groups is 1. The van der Waals surface area contributed by atoms with Crippen molar-refractivity contribution in [3.05, 3.63) is 36.7 Å². The topological polar surface area (TPSA) is 79.8 Å². The van der Waals surface area contributed by atoms with E-state index in [1.165, 1.54) is 31.3 Å². The Morgan fingerprint density at radius 1 is 1.03 bits per heavy atom. The third-order valence-electron chi connectivity index (χ3n) is 5.83. The van der Waals surface area contributed by atoms with E-state index in [-0.39, 0.29) is 18.3 Å². The Morgan fingerprint density at radius 2 is 1.75 bits per heavy atom. The van der Waals surface area contributed by atoms with Crippen LogP contribution in [0.5, 0.6) is 5.88 Å². The largest absolute Gasteiger partial charge is 0.474 e. The van der Waals surface area contributed by atoms with E-state index in [4.69, 9.17) is 9.47 Å². The summed E-state index contributed by atoms with van der Waals surface area (Å²) in [5, 5.41) is 3.33. The first-order chi connectivity index (χ1) is 15.6. The Morgan fingerprint density at radius 3 is 2.44 bits per heavy atom. The summed E-state index contributed by atoms with van der Waals surface area (Å²) in [6.45, 7) is 7.23. The summed E-state index contributed by atoms with van der Waals surface area (Å²) in [7, 11) is 0. The summed E-state index contributed by atoms with van der Waals surface area (Å²) in [4.78, 5) is 24.8. The minimum atomic E-state index is -0.252. The molecule has 2 saturated heterocycles. The molecular weight excluding hydrogens is 406 g/mol. The average Bonchev–Trinajstić information content (AvgIpc) is 2.80. The highest BCUT2D eigenvalue weighted by Crippen LogP contribution is 2.25. The fourth-order valence-corrected chi connectivity index (χ4v) is 4.13. The number of aromatic nitrogens is 2. The molecule has 0 spiro atoms. The molecule has 172 valence electrons. The van der Waals surface area contributed by atoms with Crippen molar-refractivity contribution in [3.63, 3.8) is 0 Å². The summed E-state index contributed by atoms with van der Waals surface area (Å²) < 4.78 is 11.3. The van der Waals surface area contributed by atoms with Crippen molar-refractivity contribution in [1.82, 2.24) is 14.9 Å². The molecule has 2 aliphatic rings. The van der Waals surface area contributed by atoms with Crippen LogP contribution in [0.2, 0.25) is 0 Å². The first kappa shape index (κ1) is 22.2. The van der Waals surface area contributed by atoms with Gasteiger partial charge in [-0.3, -0.25) is 0 Å². The monoisotopic (exact) mass is 439 g/mol. The Hall–Kier alpha value is -3.03. The number of hydrogen-bond acceptors (Lipinski definition) is 7. The van der Waals surface area contributed by atoms with Crippen LogP contribution in [0.1, 0.15) is 46.0 Å². The number of hydrogen-bond donors (Lipinski definition) is 1. The van der Waals surface area contributed by atoms with Gasteiger partial charge < -0.3 is 24.6 Å². The predicted molar refractivity (Wildman–Crippen MR) is 125 cm³/mol. The number of benzene rings is 1. The molecule has 4 rings (SSSR count). The van der Waals surface area contributed by atoms with Crippen LogP contribution >= 0.6 is 0 Å². The van der Waals surface area contributed by atoms with Gasteiger partial charge in [-0.25, -0.2) is 14.8 Å². The number of amides is 1. The van der Waals surface area contributed by atoms with Crippen LogP contribution in [0, 0.1) is 0 Å². The molecule has 2 fully saturated rings. The summed E-state index contributed by atoms with van der Waals surface area (Å²) in [6.07, 6.45) is 6.53. The van der Waals surface area contributed by atoms with Crippen molar-refractivity contribution in [1.29, 1.82) is 0 Å². The molecule has 8 nitrogen and oxygen atoms in total. The van der Waals surface area contributed by atoms with Crippen LogP contribution in [0.15, 0.2) is 36.7 Å². The zero-order valence-electron chi connectivity index (χ0n) is 19.0. The van der Waals surface area contributed by atoms with Gasteiger partial charge in [-0.15, -0.1) is 0 Å². The maximum absolute atomic E-state index is 12.0. The predicted octanol–water partition coefficient (Wildman–Crippen LogP) is 4.60. The van der Waals surface area contributed by atoms with E-state index in [0.717, 1.165) is 31.6 Å². The Kier molecular flexibility index (Phi) is 7.29. The molecule has 0 bridgehead atoms. The molecule has 0 unspecified atom stereocenters. The SMILES string of the molecule is CC(C)OC(=O)N1CCC(Oc2cc(Nc3ccc(N4CCCCC4)cc3)ncn2)CC1. The Balaban J connectivity index is 1.29. The van der Waals surface area contributed by atoms with Crippen molar-refractivity contribution in [2.24, 2.45) is 0 Å². The first-order valence-electron chi connectivity index (χ1n) is 11.6. The van der Waals surface area contributed by atoms with Gasteiger partial charge in [0.05, 0.1) is 6.10 Å². The van der Waals surface area contributed by atoms with E-state index < -0.39 is 0 Å². The zero-order valence-corrected chi connectivity index (χ0v) is 19.0. The molecule has 0 radical (unpaired) electrons. The lowest BCUT2D eigenvalue weighted by molar-refractivity contribution is 0.0507. The summed E-state index contributed by atoms with van der Waals surface area (Å²) in [6, 6.07) is 10.3. The molecule has 2 aromatic rings. The third kappa shape index (κ3) is 6.02. The van der Waals surface area contributed by atoms with Crippen LogP contribution in [0.4, 0.5) is 22.0 Å². The third-order valence-corrected chi connectivity index (χ3v) is 5.83. The lowest BCUT2D eigenvalue weighted by Gasteiger charge is -2.31. The number of piperidine rings is 2. The fourth-order valence-electron chi connectivity index (χ4n) is 4.13. The average molecular weight is 440 g/mol. The Bertz CT molecular complexity index is 875. The molecule has 2 aliphatic heterocycles. The van der Waals surface area contributed by atoms with Crippen LogP contribution in [-0.4, -0.2) is 59.3 Å². The summed E-state index contributed by atoms with van der Waals surface area (Å²) >= 11 is 0. The van der Waals surface area contributed by atoms with Crippen molar-refractivity contribution >= 4 is 23.3 Å². The summed E-state index contributed by atoms with van der Waals surface area (Å²) in [5.74, 6) is 1.23. The normalized spacial score (nSPS) is 17.3. The number of carbonyl (C=O) groups excluding carboxylic acids is 1. The van der Waals surface area contributed by atoms with Gasteiger partial charge in [0.2, 0.25) is 5.88 Å². The van der Waals surface area contributed by atoms with Crippen molar-refractivity contribution < 1.29 is 14.3 Å². The number of nitrogens with zero attached hydrogens (tertiary/aromatic N) is 4. The van der Waals surface area contributed by atoms with Crippen LogP contribution in [-0.2, 0) is 4.74 Å². The Labute approximate surface area is 189 Å². The number of rotatable bonds is 6. The molecular formula is C24H33N5O3. The van der Waals surface area contributed by atoms with Gasteiger partial charge in [-0.1, -0.05) is 0 Å². The van der Waals surface area contributed by atoms with E-state index in [2.05, 4.69) is 44.5 Å². The van der Waals surface area contributed by atoms with Gasteiger partial charge in [0.1, 0.15) is 18.2 Å². The molecule has 3 heterocycles. The van der Waals surface area contributed by atoms with E-state index in [9.17, 15) is 4.79 Å². The van der Waals surface area contributed by atoms with Crippen molar-refractivity contribution in [2.45, 2.75) is 58.2 Å². The van der Waals surface area contributed by atoms with Gasteiger partial charge in [-0.2, -0.15) is 0 Å². The number of likely N-dealkylation sites (tertiary alicyclic amines) is 1. The van der Waals surface area contributed by atoms with E-state index in [1.54, 1.807) is 4.90 Å². The van der Waals surface area contributed by atoms with Crippen molar-refractivity contribution in [2.75, 3.05) is 36.4 Å². The lowest BCUT2D eigenvalue weighted by atomic mass is 10.1. The summed E-state index contributed by atoms with van der Waals surface area (Å²) in [5.41, 5.74) is 2.25. The lowest BCUT2D eigenvalue weighted by Crippen LogP contribution is -2.42. The first-order valence-corrected chi connectivity index (χ1v) is 11.6. The fraction of sp³-hybridized carbons (Fsp3) is 0.542. The smallest absolute Gasteiger partial charge is 0.410 e. The second-order valence-electron chi connectivity index (χ2n) is 8.70.